The van der Waals surface area contributed by atoms with Crippen LogP contribution in [-0.2, 0) is 0 Å². The molecule has 1 N–H and O–H groups in total. The Morgan fingerprint density at radius 2 is 2.31 bits per heavy atom. The second-order valence-electron chi connectivity index (χ2n) is 3.72. The topological polar surface area (TPSA) is 72.2 Å². The van der Waals surface area contributed by atoms with E-state index in [2.05, 4.69) is 28.8 Å². The van der Waals surface area contributed by atoms with Crippen LogP contribution in [0.15, 0.2) is 5.11 Å². The number of aliphatic hydroxyl groups is 1. The lowest BCUT2D eigenvalue weighted by molar-refractivity contribution is 0.0393. The molecule has 1 rings (SSSR count). The summed E-state index contributed by atoms with van der Waals surface area (Å²) in [6.45, 7) is 5.71. The van der Waals surface area contributed by atoms with Crippen LogP contribution >= 0.6 is 0 Å². The van der Waals surface area contributed by atoms with Gasteiger partial charge in [-0.2, -0.15) is 0 Å². The Kier molecular flexibility index (Phi) is 3.54. The van der Waals surface area contributed by atoms with E-state index in [1.54, 1.807) is 0 Å². The van der Waals surface area contributed by atoms with Crippen molar-refractivity contribution < 1.29 is 5.11 Å². The molecule has 0 aromatic heterocycles. The van der Waals surface area contributed by atoms with E-state index in [0.29, 0.717) is 12.6 Å². The van der Waals surface area contributed by atoms with Crippen molar-refractivity contribution >= 4 is 0 Å². The van der Waals surface area contributed by atoms with E-state index in [1.807, 2.05) is 0 Å². The predicted molar refractivity (Wildman–Crippen MR) is 50.3 cm³/mol. The SMILES string of the molecule is CC(C)N1CC[C@@H](N=[N+]=[N-])[C@H](O)C1. The van der Waals surface area contributed by atoms with Gasteiger partial charge < -0.3 is 5.11 Å². The molecule has 74 valence electrons. The van der Waals surface area contributed by atoms with Crippen molar-refractivity contribution in [3.05, 3.63) is 10.4 Å². The maximum Gasteiger partial charge on any atom is 0.0752 e. The van der Waals surface area contributed by atoms with Gasteiger partial charge in [0.2, 0.25) is 0 Å². The molecule has 1 aliphatic heterocycles. The van der Waals surface area contributed by atoms with Crippen LogP contribution in [0.4, 0.5) is 0 Å². The van der Waals surface area contributed by atoms with E-state index < -0.39 is 6.10 Å². The van der Waals surface area contributed by atoms with Gasteiger partial charge in [0, 0.05) is 17.5 Å². The highest BCUT2D eigenvalue weighted by Gasteiger charge is 2.27. The summed E-state index contributed by atoms with van der Waals surface area (Å²) in [6, 6.07) is 0.210. The fraction of sp³-hybridized carbons (Fsp3) is 1.00. The normalized spacial score (nSPS) is 30.2. The summed E-state index contributed by atoms with van der Waals surface area (Å²) in [5.74, 6) is 0. The van der Waals surface area contributed by atoms with Gasteiger partial charge >= 0.3 is 0 Å². The molecule has 1 fully saturated rings. The molecular formula is C8H16N4O. The maximum absolute atomic E-state index is 9.61. The number of hydrogen-bond donors (Lipinski definition) is 1. The number of nitrogens with zero attached hydrogens (tertiary/aromatic N) is 4. The Bertz CT molecular complexity index is 212. The molecule has 0 unspecified atom stereocenters. The van der Waals surface area contributed by atoms with Crippen LogP contribution in [-0.4, -0.2) is 41.3 Å². The van der Waals surface area contributed by atoms with Gasteiger partial charge in [-0.05, 0) is 32.3 Å². The molecule has 5 nitrogen and oxygen atoms in total. The summed E-state index contributed by atoms with van der Waals surface area (Å²) in [5.41, 5.74) is 8.24. The molecule has 0 saturated carbocycles. The lowest BCUT2D eigenvalue weighted by Crippen LogP contribution is -2.48. The molecule has 0 amide bonds. The van der Waals surface area contributed by atoms with E-state index >= 15 is 0 Å². The fourth-order valence-electron chi connectivity index (χ4n) is 1.61. The zero-order chi connectivity index (χ0) is 9.84. The lowest BCUT2D eigenvalue weighted by atomic mass is 10.0. The Morgan fingerprint density at radius 1 is 1.62 bits per heavy atom. The molecule has 0 aromatic carbocycles. The van der Waals surface area contributed by atoms with E-state index in [9.17, 15) is 5.11 Å². The molecule has 0 aliphatic carbocycles. The van der Waals surface area contributed by atoms with Crippen molar-refractivity contribution in [3.8, 4) is 0 Å². The summed E-state index contributed by atoms with van der Waals surface area (Å²) >= 11 is 0. The van der Waals surface area contributed by atoms with Crippen LogP contribution in [0.1, 0.15) is 20.3 Å². The standard InChI is InChI=1S/C8H16N4O/c1-6(2)12-4-3-7(10-11-9)8(13)5-12/h6-8,13H,3-5H2,1-2H3/t7-,8-/m1/s1. The summed E-state index contributed by atoms with van der Waals surface area (Å²) in [6.07, 6.45) is 0.246. The van der Waals surface area contributed by atoms with Crippen molar-refractivity contribution in [2.75, 3.05) is 13.1 Å². The average Bonchev–Trinajstić information content (AvgIpc) is 2.08. The van der Waals surface area contributed by atoms with Crippen molar-refractivity contribution in [2.45, 2.75) is 38.5 Å². The minimum absolute atomic E-state index is 0.236. The number of likely N-dealkylation sites (tertiary alicyclic amines) is 1. The van der Waals surface area contributed by atoms with E-state index in [-0.39, 0.29) is 6.04 Å². The van der Waals surface area contributed by atoms with Gasteiger partial charge in [0.1, 0.15) is 0 Å². The minimum Gasteiger partial charge on any atom is -0.391 e. The van der Waals surface area contributed by atoms with Crippen LogP contribution in [0.25, 0.3) is 10.4 Å². The van der Waals surface area contributed by atoms with Gasteiger partial charge in [0.15, 0.2) is 0 Å². The first-order valence-corrected chi connectivity index (χ1v) is 4.61. The number of hydrogen-bond acceptors (Lipinski definition) is 3. The van der Waals surface area contributed by atoms with Crippen LogP contribution in [0, 0.1) is 0 Å². The van der Waals surface area contributed by atoms with Crippen LogP contribution in [0.5, 0.6) is 0 Å². The summed E-state index contributed by atoms with van der Waals surface area (Å²) in [7, 11) is 0. The quantitative estimate of drug-likeness (QED) is 0.397. The van der Waals surface area contributed by atoms with Gasteiger partial charge in [0.25, 0.3) is 0 Å². The van der Waals surface area contributed by atoms with Gasteiger partial charge in [-0.25, -0.2) is 0 Å². The number of azide groups is 1. The Morgan fingerprint density at radius 3 is 2.77 bits per heavy atom. The first-order valence-electron chi connectivity index (χ1n) is 4.61. The zero-order valence-electron chi connectivity index (χ0n) is 8.09. The Labute approximate surface area is 78.0 Å². The molecule has 1 saturated heterocycles. The monoisotopic (exact) mass is 184 g/mol. The van der Waals surface area contributed by atoms with E-state index in [1.165, 1.54) is 0 Å². The lowest BCUT2D eigenvalue weighted by Gasteiger charge is -2.36. The summed E-state index contributed by atoms with van der Waals surface area (Å²) < 4.78 is 0. The smallest absolute Gasteiger partial charge is 0.0752 e. The molecule has 1 heterocycles. The third-order valence-corrected chi connectivity index (χ3v) is 2.51. The Balaban J connectivity index is 2.51. The first kappa shape index (κ1) is 10.3. The highest BCUT2D eigenvalue weighted by atomic mass is 16.3. The number of piperidine rings is 1. The highest BCUT2D eigenvalue weighted by Crippen LogP contribution is 2.16. The fourth-order valence-corrected chi connectivity index (χ4v) is 1.61. The number of rotatable bonds is 2. The van der Waals surface area contributed by atoms with E-state index in [0.717, 1.165) is 13.0 Å². The maximum atomic E-state index is 9.61. The van der Waals surface area contributed by atoms with Crippen molar-refractivity contribution in [1.29, 1.82) is 0 Å². The van der Waals surface area contributed by atoms with E-state index in [4.69, 9.17) is 5.53 Å². The number of aliphatic hydroxyl groups excluding tert-OH is 1. The van der Waals surface area contributed by atoms with Crippen molar-refractivity contribution in [3.63, 3.8) is 0 Å². The van der Waals surface area contributed by atoms with Crippen LogP contribution in [0.2, 0.25) is 0 Å². The second-order valence-corrected chi connectivity index (χ2v) is 3.72. The molecule has 0 bridgehead atoms. The predicted octanol–water partition coefficient (Wildman–Crippen LogP) is 1.14. The van der Waals surface area contributed by atoms with Crippen molar-refractivity contribution in [2.24, 2.45) is 5.11 Å². The Hall–Kier alpha value is -0.770. The third-order valence-electron chi connectivity index (χ3n) is 2.51. The largest absolute Gasteiger partial charge is 0.391 e. The molecule has 0 aromatic rings. The van der Waals surface area contributed by atoms with Gasteiger partial charge in [-0.1, -0.05) is 5.11 Å². The molecule has 5 heteroatoms. The molecule has 2 atom stereocenters. The molecule has 1 aliphatic rings. The third kappa shape index (κ3) is 2.59. The molecular weight excluding hydrogens is 168 g/mol. The summed E-state index contributed by atoms with van der Waals surface area (Å²) in [4.78, 5) is 4.91. The molecule has 13 heavy (non-hydrogen) atoms. The van der Waals surface area contributed by atoms with Crippen molar-refractivity contribution in [1.82, 2.24) is 4.90 Å². The summed E-state index contributed by atoms with van der Waals surface area (Å²) in [5, 5.41) is 13.2. The second kappa shape index (κ2) is 4.46. The first-order chi connectivity index (χ1) is 6.15. The average molecular weight is 184 g/mol. The van der Waals surface area contributed by atoms with Crippen LogP contribution < -0.4 is 0 Å². The number of β-amino-alcohol motifs (C(OH)–C–C–N with tert-alkyl or cyclic N) is 1. The van der Waals surface area contributed by atoms with Gasteiger partial charge in [0.05, 0.1) is 12.1 Å². The van der Waals surface area contributed by atoms with Gasteiger partial charge in [-0.3, -0.25) is 4.90 Å². The highest BCUT2D eigenvalue weighted by molar-refractivity contribution is 4.86. The molecule has 0 radical (unpaired) electrons. The zero-order valence-corrected chi connectivity index (χ0v) is 8.09. The minimum atomic E-state index is -0.507. The molecule has 0 spiro atoms. The van der Waals surface area contributed by atoms with Gasteiger partial charge in [-0.15, -0.1) is 0 Å². The van der Waals surface area contributed by atoms with Crippen LogP contribution in [0.3, 0.4) is 0 Å².